The molecule has 2 aliphatic rings. The average Bonchev–Trinajstić information content (AvgIpc) is 3.57. The number of amides is 1. The average molecular weight is 446 g/mol. The van der Waals surface area contributed by atoms with Crippen LogP contribution in [-0.4, -0.2) is 53.5 Å². The quantitative estimate of drug-likeness (QED) is 0.465. The minimum atomic E-state index is -0.0494. The minimum absolute atomic E-state index is 0.0494. The van der Waals surface area contributed by atoms with E-state index in [1.807, 2.05) is 35.2 Å². The van der Waals surface area contributed by atoms with E-state index in [0.717, 1.165) is 53.6 Å². The topological polar surface area (TPSA) is 58.8 Å². The first-order chi connectivity index (χ1) is 15.7. The number of piperazine rings is 1. The molecule has 0 unspecified atom stereocenters. The highest BCUT2D eigenvalue weighted by Gasteiger charge is 2.25. The van der Waals surface area contributed by atoms with E-state index in [1.165, 1.54) is 11.1 Å². The van der Waals surface area contributed by atoms with Gasteiger partial charge in [0, 0.05) is 39.1 Å². The smallest absolute Gasteiger partial charge is 0.289 e. The molecule has 0 radical (unpaired) electrons. The third-order valence-electron chi connectivity index (χ3n) is 6.14. The monoisotopic (exact) mass is 445 g/mol. The van der Waals surface area contributed by atoms with Crippen LogP contribution in [0.15, 0.2) is 59.0 Å². The van der Waals surface area contributed by atoms with Crippen molar-refractivity contribution in [3.05, 3.63) is 71.5 Å². The molecule has 0 bridgehead atoms. The molecule has 6 nitrogen and oxygen atoms in total. The fourth-order valence-corrected chi connectivity index (χ4v) is 5.33. The van der Waals surface area contributed by atoms with E-state index in [9.17, 15) is 4.79 Å². The fourth-order valence-electron chi connectivity index (χ4n) is 4.41. The van der Waals surface area contributed by atoms with Crippen LogP contribution >= 0.6 is 11.3 Å². The molecular weight excluding hydrogens is 422 g/mol. The van der Waals surface area contributed by atoms with Gasteiger partial charge in [-0.15, -0.1) is 11.3 Å². The summed E-state index contributed by atoms with van der Waals surface area (Å²) < 4.78 is 12.6. The van der Waals surface area contributed by atoms with Crippen molar-refractivity contribution < 1.29 is 13.9 Å². The Kier molecular flexibility index (Phi) is 4.92. The molecule has 1 fully saturated rings. The van der Waals surface area contributed by atoms with E-state index in [2.05, 4.69) is 28.1 Å². The summed E-state index contributed by atoms with van der Waals surface area (Å²) in [4.78, 5) is 21.9. The molecule has 2 aliphatic heterocycles. The molecule has 2 aromatic heterocycles. The first kappa shape index (κ1) is 19.5. The Morgan fingerprint density at radius 1 is 1.03 bits per heavy atom. The van der Waals surface area contributed by atoms with Crippen molar-refractivity contribution in [2.45, 2.75) is 13.0 Å². The number of hydrogen-bond donors (Lipinski definition) is 0. The highest BCUT2D eigenvalue weighted by molar-refractivity contribution is 7.21. The Balaban J connectivity index is 1.09. The van der Waals surface area contributed by atoms with Gasteiger partial charge in [0.2, 0.25) is 0 Å². The van der Waals surface area contributed by atoms with Gasteiger partial charge in [0.05, 0.1) is 16.8 Å². The number of benzene rings is 2. The zero-order valence-electron chi connectivity index (χ0n) is 17.6. The lowest BCUT2D eigenvalue weighted by atomic mass is 10.1. The molecule has 2 aromatic carbocycles. The van der Waals surface area contributed by atoms with Crippen molar-refractivity contribution in [1.29, 1.82) is 0 Å². The molecule has 4 heterocycles. The van der Waals surface area contributed by atoms with Gasteiger partial charge in [-0.2, -0.15) is 0 Å². The summed E-state index contributed by atoms with van der Waals surface area (Å²) in [6, 6.07) is 18.1. The maximum atomic E-state index is 13.0. The maximum absolute atomic E-state index is 13.0. The number of ether oxygens (including phenoxy) is 1. The second-order valence-corrected chi connectivity index (χ2v) is 9.29. The molecule has 6 rings (SSSR count). The molecular formula is C25H23N3O3S. The number of fused-ring (bicyclic) bond motifs is 2. The summed E-state index contributed by atoms with van der Waals surface area (Å²) in [5.74, 6) is 2.00. The number of furan rings is 1. The number of carbonyl (C=O) groups excluding carboxylic acids is 1. The van der Waals surface area contributed by atoms with Gasteiger partial charge in [0.1, 0.15) is 5.75 Å². The standard InChI is InChI=1S/C25H23N3O3S/c29-25(22-8-7-21(31-22)24-26-19-3-1-2-4-23(19)32-24)28-12-10-27(11-13-28)16-17-5-6-20-18(15-17)9-14-30-20/h1-8,15H,9-14,16H2. The Morgan fingerprint density at radius 2 is 1.91 bits per heavy atom. The highest BCUT2D eigenvalue weighted by Crippen LogP contribution is 2.31. The van der Waals surface area contributed by atoms with Crippen LogP contribution in [-0.2, 0) is 13.0 Å². The molecule has 0 N–H and O–H groups in total. The van der Waals surface area contributed by atoms with Gasteiger partial charge in [0.25, 0.3) is 5.91 Å². The van der Waals surface area contributed by atoms with Gasteiger partial charge in [-0.25, -0.2) is 4.98 Å². The van der Waals surface area contributed by atoms with Crippen molar-refractivity contribution in [1.82, 2.24) is 14.8 Å². The lowest BCUT2D eigenvalue weighted by Crippen LogP contribution is -2.48. The number of hydrogen-bond acceptors (Lipinski definition) is 6. The summed E-state index contributed by atoms with van der Waals surface area (Å²) in [6.07, 6.45) is 0.994. The predicted molar refractivity (Wildman–Crippen MR) is 124 cm³/mol. The van der Waals surface area contributed by atoms with Crippen LogP contribution in [0.2, 0.25) is 0 Å². The summed E-state index contributed by atoms with van der Waals surface area (Å²) in [5, 5.41) is 0.801. The lowest BCUT2D eigenvalue weighted by Gasteiger charge is -2.34. The summed E-state index contributed by atoms with van der Waals surface area (Å²) in [6.45, 7) is 4.79. The number of para-hydroxylation sites is 1. The van der Waals surface area contributed by atoms with E-state index >= 15 is 0 Å². The Labute approximate surface area is 190 Å². The number of thiazole rings is 1. The largest absolute Gasteiger partial charge is 0.493 e. The predicted octanol–water partition coefficient (Wildman–Crippen LogP) is 4.45. The molecule has 0 atom stereocenters. The molecule has 32 heavy (non-hydrogen) atoms. The molecule has 7 heteroatoms. The van der Waals surface area contributed by atoms with Crippen LogP contribution in [0.3, 0.4) is 0 Å². The van der Waals surface area contributed by atoms with Crippen molar-refractivity contribution in [3.63, 3.8) is 0 Å². The maximum Gasteiger partial charge on any atom is 0.289 e. The third-order valence-corrected chi connectivity index (χ3v) is 7.19. The highest BCUT2D eigenvalue weighted by atomic mass is 32.1. The van der Waals surface area contributed by atoms with Crippen LogP contribution in [0, 0.1) is 0 Å². The first-order valence-corrected chi connectivity index (χ1v) is 11.8. The number of rotatable bonds is 4. The van der Waals surface area contributed by atoms with E-state index in [0.29, 0.717) is 24.6 Å². The molecule has 1 amide bonds. The van der Waals surface area contributed by atoms with Gasteiger partial charge in [-0.05, 0) is 41.5 Å². The molecule has 0 spiro atoms. The first-order valence-electron chi connectivity index (χ1n) is 10.9. The summed E-state index contributed by atoms with van der Waals surface area (Å²) >= 11 is 1.58. The second-order valence-electron chi connectivity index (χ2n) is 8.26. The normalized spacial score (nSPS) is 16.3. The van der Waals surface area contributed by atoms with Crippen LogP contribution in [0.25, 0.3) is 21.0 Å². The van der Waals surface area contributed by atoms with Crippen LogP contribution in [0.1, 0.15) is 21.7 Å². The van der Waals surface area contributed by atoms with E-state index in [4.69, 9.17) is 9.15 Å². The summed E-state index contributed by atoms with van der Waals surface area (Å²) in [5.41, 5.74) is 3.56. The van der Waals surface area contributed by atoms with Gasteiger partial charge in [-0.1, -0.05) is 24.3 Å². The van der Waals surface area contributed by atoms with Crippen LogP contribution < -0.4 is 4.74 Å². The van der Waals surface area contributed by atoms with E-state index in [-0.39, 0.29) is 5.91 Å². The third kappa shape index (κ3) is 3.67. The number of aromatic nitrogens is 1. The minimum Gasteiger partial charge on any atom is -0.493 e. The van der Waals surface area contributed by atoms with Gasteiger partial charge >= 0.3 is 0 Å². The molecule has 0 aliphatic carbocycles. The van der Waals surface area contributed by atoms with Crippen molar-refractivity contribution in [2.24, 2.45) is 0 Å². The van der Waals surface area contributed by atoms with Gasteiger partial charge < -0.3 is 14.1 Å². The Bertz CT molecular complexity index is 1250. The Morgan fingerprint density at radius 3 is 2.78 bits per heavy atom. The lowest BCUT2D eigenvalue weighted by molar-refractivity contribution is 0.0598. The van der Waals surface area contributed by atoms with Gasteiger partial charge in [-0.3, -0.25) is 9.69 Å². The van der Waals surface area contributed by atoms with Gasteiger partial charge in [0.15, 0.2) is 16.5 Å². The van der Waals surface area contributed by atoms with Crippen molar-refractivity contribution >= 4 is 27.5 Å². The molecule has 4 aromatic rings. The van der Waals surface area contributed by atoms with Crippen molar-refractivity contribution in [2.75, 3.05) is 32.8 Å². The zero-order valence-corrected chi connectivity index (χ0v) is 18.4. The SMILES string of the molecule is O=C(c1ccc(-c2nc3ccccc3s2)o1)N1CCN(Cc2ccc3c(c2)CCO3)CC1. The molecule has 0 saturated carbocycles. The zero-order chi connectivity index (χ0) is 21.5. The molecule has 1 saturated heterocycles. The van der Waals surface area contributed by atoms with E-state index < -0.39 is 0 Å². The van der Waals surface area contributed by atoms with E-state index in [1.54, 1.807) is 17.4 Å². The van der Waals surface area contributed by atoms with Crippen LogP contribution in [0.5, 0.6) is 5.75 Å². The number of carbonyl (C=O) groups is 1. The molecule has 162 valence electrons. The van der Waals surface area contributed by atoms with Crippen LogP contribution in [0.4, 0.5) is 0 Å². The fraction of sp³-hybridized carbons (Fsp3) is 0.280. The second kappa shape index (κ2) is 8.07. The van der Waals surface area contributed by atoms with Crippen molar-refractivity contribution in [3.8, 4) is 16.5 Å². The Hall–Kier alpha value is -3.16. The number of nitrogens with zero attached hydrogens (tertiary/aromatic N) is 3. The summed E-state index contributed by atoms with van der Waals surface area (Å²) in [7, 11) is 0.